The Morgan fingerprint density at radius 2 is 1.59 bits per heavy atom. The van der Waals surface area contributed by atoms with Crippen molar-refractivity contribution in [2.24, 2.45) is 5.92 Å². The van der Waals surface area contributed by atoms with Gasteiger partial charge in [-0.3, -0.25) is 9.59 Å². The second kappa shape index (κ2) is 8.71. The summed E-state index contributed by atoms with van der Waals surface area (Å²) in [7, 11) is 0. The Hall–Kier alpha value is -2.82. The van der Waals surface area contributed by atoms with Gasteiger partial charge in [-0.15, -0.1) is 0 Å². The zero-order valence-electron chi connectivity index (χ0n) is 15.9. The third-order valence-electron chi connectivity index (χ3n) is 4.84. The lowest BCUT2D eigenvalue weighted by atomic mass is 9.95. The number of amides is 2. The van der Waals surface area contributed by atoms with E-state index in [-0.39, 0.29) is 23.8 Å². The summed E-state index contributed by atoms with van der Waals surface area (Å²) in [6.45, 7) is 5.55. The van der Waals surface area contributed by atoms with Gasteiger partial charge in [-0.1, -0.05) is 30.3 Å². The number of benzene rings is 2. The van der Waals surface area contributed by atoms with Gasteiger partial charge in [0.1, 0.15) is 0 Å². The molecule has 0 saturated carbocycles. The fourth-order valence-corrected chi connectivity index (χ4v) is 3.40. The van der Waals surface area contributed by atoms with Crippen LogP contribution in [0.1, 0.15) is 37.0 Å². The Labute approximate surface area is 160 Å². The number of hydrogen-bond donors (Lipinski definition) is 2. The summed E-state index contributed by atoms with van der Waals surface area (Å²) in [6.07, 6.45) is 1.61. The SMILES string of the molecule is CC(C)NC(=O)c1ccccc1NC(=O)C1CCN(c2ccccc2)CC1. The highest BCUT2D eigenvalue weighted by molar-refractivity contribution is 6.04. The first-order chi connectivity index (χ1) is 13.0. The predicted molar refractivity (Wildman–Crippen MR) is 109 cm³/mol. The molecule has 0 bridgehead atoms. The van der Waals surface area contributed by atoms with Gasteiger partial charge in [0.2, 0.25) is 5.91 Å². The van der Waals surface area contributed by atoms with Gasteiger partial charge < -0.3 is 15.5 Å². The standard InChI is InChI=1S/C22H27N3O2/c1-16(2)23-22(27)19-10-6-7-11-20(19)24-21(26)17-12-14-25(15-13-17)18-8-4-3-5-9-18/h3-11,16-17H,12-15H2,1-2H3,(H,23,27)(H,24,26). The Morgan fingerprint density at radius 1 is 0.963 bits per heavy atom. The summed E-state index contributed by atoms with van der Waals surface area (Å²) in [5.74, 6) is -0.210. The van der Waals surface area contributed by atoms with E-state index in [1.807, 2.05) is 44.2 Å². The molecular weight excluding hydrogens is 338 g/mol. The van der Waals surface area contributed by atoms with Crippen molar-refractivity contribution in [1.82, 2.24) is 5.32 Å². The molecule has 3 rings (SSSR count). The molecule has 5 heteroatoms. The van der Waals surface area contributed by atoms with Crippen LogP contribution in [0.5, 0.6) is 0 Å². The molecule has 1 saturated heterocycles. The van der Waals surface area contributed by atoms with Crippen molar-refractivity contribution in [3.63, 3.8) is 0 Å². The van der Waals surface area contributed by atoms with Gasteiger partial charge in [-0.05, 0) is 51.0 Å². The first-order valence-electron chi connectivity index (χ1n) is 9.55. The predicted octanol–water partition coefficient (Wildman–Crippen LogP) is 3.68. The van der Waals surface area contributed by atoms with Crippen molar-refractivity contribution in [3.8, 4) is 0 Å². The van der Waals surface area contributed by atoms with Crippen LogP contribution in [0, 0.1) is 5.92 Å². The number of hydrogen-bond acceptors (Lipinski definition) is 3. The van der Waals surface area contributed by atoms with Gasteiger partial charge in [0.15, 0.2) is 0 Å². The van der Waals surface area contributed by atoms with Gasteiger partial charge in [0, 0.05) is 30.7 Å². The average molecular weight is 365 g/mol. The van der Waals surface area contributed by atoms with E-state index in [0.29, 0.717) is 11.3 Å². The number of nitrogens with zero attached hydrogens (tertiary/aromatic N) is 1. The highest BCUT2D eigenvalue weighted by atomic mass is 16.2. The number of rotatable bonds is 5. The summed E-state index contributed by atoms with van der Waals surface area (Å²) in [5.41, 5.74) is 2.28. The van der Waals surface area contributed by atoms with Crippen LogP contribution in [-0.2, 0) is 4.79 Å². The van der Waals surface area contributed by atoms with Gasteiger partial charge >= 0.3 is 0 Å². The van der Waals surface area contributed by atoms with E-state index >= 15 is 0 Å². The Bertz CT molecular complexity index is 781. The highest BCUT2D eigenvalue weighted by Crippen LogP contribution is 2.25. The zero-order valence-corrected chi connectivity index (χ0v) is 15.9. The van der Waals surface area contributed by atoms with E-state index in [1.165, 1.54) is 5.69 Å². The van der Waals surface area contributed by atoms with E-state index in [0.717, 1.165) is 25.9 Å². The van der Waals surface area contributed by atoms with Gasteiger partial charge in [0.05, 0.1) is 11.3 Å². The van der Waals surface area contributed by atoms with Gasteiger partial charge in [-0.2, -0.15) is 0 Å². The van der Waals surface area contributed by atoms with Crippen molar-refractivity contribution < 1.29 is 9.59 Å². The number of para-hydroxylation sites is 2. The van der Waals surface area contributed by atoms with Gasteiger partial charge in [0.25, 0.3) is 5.91 Å². The molecule has 1 aliphatic rings. The van der Waals surface area contributed by atoms with Crippen molar-refractivity contribution in [1.29, 1.82) is 0 Å². The first kappa shape index (κ1) is 19.0. The first-order valence-corrected chi connectivity index (χ1v) is 9.55. The van der Waals surface area contributed by atoms with Crippen molar-refractivity contribution in [2.75, 3.05) is 23.3 Å². The molecule has 2 amide bonds. The molecule has 142 valence electrons. The van der Waals surface area contributed by atoms with Crippen molar-refractivity contribution in [2.45, 2.75) is 32.7 Å². The van der Waals surface area contributed by atoms with E-state index < -0.39 is 0 Å². The smallest absolute Gasteiger partial charge is 0.253 e. The minimum atomic E-state index is -0.167. The minimum absolute atomic E-state index is 0.00694. The third kappa shape index (κ3) is 4.88. The normalized spacial score (nSPS) is 14.9. The molecule has 5 nitrogen and oxygen atoms in total. The Balaban J connectivity index is 1.61. The number of anilines is 2. The summed E-state index contributed by atoms with van der Waals surface area (Å²) in [4.78, 5) is 27.4. The summed E-state index contributed by atoms with van der Waals surface area (Å²) < 4.78 is 0. The summed E-state index contributed by atoms with van der Waals surface area (Å²) >= 11 is 0. The fourth-order valence-electron chi connectivity index (χ4n) is 3.40. The van der Waals surface area contributed by atoms with E-state index in [1.54, 1.807) is 12.1 Å². The number of carbonyl (C=O) groups excluding carboxylic acids is 2. The maximum atomic E-state index is 12.7. The molecule has 2 N–H and O–H groups in total. The molecular formula is C22H27N3O2. The summed E-state index contributed by atoms with van der Waals surface area (Å²) in [6, 6.07) is 17.5. The molecule has 1 aliphatic heterocycles. The van der Waals surface area contributed by atoms with Crippen LogP contribution in [0.4, 0.5) is 11.4 Å². The molecule has 2 aromatic rings. The maximum absolute atomic E-state index is 12.7. The fraction of sp³-hybridized carbons (Fsp3) is 0.364. The molecule has 0 unspecified atom stereocenters. The molecule has 0 atom stereocenters. The van der Waals surface area contributed by atoms with Gasteiger partial charge in [-0.25, -0.2) is 0 Å². The topological polar surface area (TPSA) is 61.4 Å². The molecule has 2 aromatic carbocycles. The van der Waals surface area contributed by atoms with Crippen LogP contribution in [0.2, 0.25) is 0 Å². The Morgan fingerprint density at radius 3 is 2.26 bits per heavy atom. The molecule has 0 spiro atoms. The minimum Gasteiger partial charge on any atom is -0.371 e. The third-order valence-corrected chi connectivity index (χ3v) is 4.84. The quantitative estimate of drug-likeness (QED) is 0.850. The lowest BCUT2D eigenvalue weighted by Crippen LogP contribution is -2.38. The second-order valence-corrected chi connectivity index (χ2v) is 7.26. The lowest BCUT2D eigenvalue weighted by molar-refractivity contribution is -0.120. The molecule has 1 fully saturated rings. The van der Waals surface area contributed by atoms with Crippen LogP contribution in [-0.4, -0.2) is 30.9 Å². The maximum Gasteiger partial charge on any atom is 0.253 e. The number of piperidine rings is 1. The van der Waals surface area contributed by atoms with E-state index in [4.69, 9.17) is 0 Å². The molecule has 27 heavy (non-hydrogen) atoms. The highest BCUT2D eigenvalue weighted by Gasteiger charge is 2.26. The lowest BCUT2D eigenvalue weighted by Gasteiger charge is -2.33. The summed E-state index contributed by atoms with van der Waals surface area (Å²) in [5, 5.41) is 5.85. The van der Waals surface area contributed by atoms with Crippen molar-refractivity contribution in [3.05, 3.63) is 60.2 Å². The zero-order chi connectivity index (χ0) is 19.2. The van der Waals surface area contributed by atoms with Crippen LogP contribution in [0.3, 0.4) is 0 Å². The second-order valence-electron chi connectivity index (χ2n) is 7.26. The van der Waals surface area contributed by atoms with E-state index in [2.05, 4.69) is 27.7 Å². The molecule has 0 radical (unpaired) electrons. The Kier molecular flexibility index (Phi) is 6.12. The van der Waals surface area contributed by atoms with E-state index in [9.17, 15) is 9.59 Å². The van der Waals surface area contributed by atoms with Crippen molar-refractivity contribution >= 4 is 23.2 Å². The largest absolute Gasteiger partial charge is 0.371 e. The molecule has 0 aliphatic carbocycles. The van der Waals surface area contributed by atoms with Crippen LogP contribution >= 0.6 is 0 Å². The van der Waals surface area contributed by atoms with Crippen LogP contribution in [0.15, 0.2) is 54.6 Å². The van der Waals surface area contributed by atoms with Crippen LogP contribution < -0.4 is 15.5 Å². The molecule has 0 aromatic heterocycles. The number of carbonyl (C=O) groups is 2. The molecule has 1 heterocycles. The van der Waals surface area contributed by atoms with Crippen LogP contribution in [0.25, 0.3) is 0 Å². The monoisotopic (exact) mass is 365 g/mol. The number of nitrogens with one attached hydrogen (secondary N) is 2. The average Bonchev–Trinajstić information content (AvgIpc) is 2.68.